The van der Waals surface area contributed by atoms with E-state index in [1.165, 1.54) is 0 Å². The number of carboxylic acid groups (broad SMARTS) is 1. The van der Waals surface area contributed by atoms with Gasteiger partial charge in [0.15, 0.2) is 0 Å². The Bertz CT molecular complexity index is 300. The minimum atomic E-state index is -1.06. The van der Waals surface area contributed by atoms with Crippen LogP contribution in [0.1, 0.15) is 34.1 Å². The zero-order valence-electron chi connectivity index (χ0n) is 11.8. The molecule has 0 fully saturated rings. The number of aliphatic carboxylic acids is 1. The van der Waals surface area contributed by atoms with Crippen molar-refractivity contribution in [1.82, 2.24) is 10.6 Å². The topological polar surface area (TPSA) is 87.7 Å². The number of nitrogens with one attached hydrogen (secondary N) is 2. The van der Waals surface area contributed by atoms with Gasteiger partial charge in [0.05, 0.1) is 18.6 Å². The van der Waals surface area contributed by atoms with Crippen molar-refractivity contribution in [3.63, 3.8) is 0 Å². The molecular formula is C12H24N2O4. The molecule has 3 N–H and O–H groups in total. The van der Waals surface area contributed by atoms with Crippen LogP contribution in [-0.4, -0.2) is 48.3 Å². The summed E-state index contributed by atoms with van der Waals surface area (Å²) in [6, 6.07) is 0. The minimum Gasteiger partial charge on any atom is -0.480 e. The van der Waals surface area contributed by atoms with Crippen LogP contribution in [0.4, 0.5) is 0 Å². The van der Waals surface area contributed by atoms with Crippen molar-refractivity contribution in [2.45, 2.75) is 45.3 Å². The fourth-order valence-corrected chi connectivity index (χ4v) is 1.12. The van der Waals surface area contributed by atoms with E-state index in [0.717, 1.165) is 0 Å². The molecule has 0 spiro atoms. The van der Waals surface area contributed by atoms with Crippen LogP contribution in [0, 0.1) is 0 Å². The summed E-state index contributed by atoms with van der Waals surface area (Å²) in [7, 11) is 1.84. The van der Waals surface area contributed by atoms with Crippen LogP contribution in [0.2, 0.25) is 0 Å². The number of ether oxygens (including phenoxy) is 1. The number of carbonyl (C=O) groups is 2. The lowest BCUT2D eigenvalue weighted by Crippen LogP contribution is -2.45. The first-order valence-corrected chi connectivity index (χ1v) is 5.89. The second-order valence-corrected chi connectivity index (χ2v) is 5.53. The number of amides is 1. The third kappa shape index (κ3) is 8.03. The summed E-state index contributed by atoms with van der Waals surface area (Å²) in [5.41, 5.74) is -0.800. The van der Waals surface area contributed by atoms with Crippen molar-refractivity contribution in [3.8, 4) is 0 Å². The molecule has 1 amide bonds. The number of likely N-dealkylation sites (N-methyl/N-ethyl adjacent to an activating group) is 1. The van der Waals surface area contributed by atoms with Gasteiger partial charge >= 0.3 is 5.97 Å². The van der Waals surface area contributed by atoms with E-state index < -0.39 is 11.6 Å². The van der Waals surface area contributed by atoms with Gasteiger partial charge in [-0.15, -0.1) is 0 Å². The SMILES string of the molecule is CNC(C)(C)COC(C)(C)CC(=O)NCC(=O)O. The molecule has 0 aliphatic rings. The lowest BCUT2D eigenvalue weighted by molar-refractivity contribution is -0.139. The molecule has 18 heavy (non-hydrogen) atoms. The van der Waals surface area contributed by atoms with Crippen LogP contribution in [0.15, 0.2) is 0 Å². The van der Waals surface area contributed by atoms with Gasteiger partial charge in [-0.3, -0.25) is 9.59 Å². The number of hydrogen-bond acceptors (Lipinski definition) is 4. The van der Waals surface area contributed by atoms with Gasteiger partial charge in [-0.05, 0) is 34.7 Å². The number of carboxylic acids is 1. The van der Waals surface area contributed by atoms with Crippen molar-refractivity contribution in [2.75, 3.05) is 20.2 Å². The molecule has 0 radical (unpaired) electrons. The Balaban J connectivity index is 4.14. The van der Waals surface area contributed by atoms with Gasteiger partial charge in [-0.25, -0.2) is 0 Å². The molecule has 0 aliphatic carbocycles. The first-order valence-electron chi connectivity index (χ1n) is 5.89. The van der Waals surface area contributed by atoms with Gasteiger partial charge in [-0.2, -0.15) is 0 Å². The van der Waals surface area contributed by atoms with E-state index >= 15 is 0 Å². The normalized spacial score (nSPS) is 12.3. The molecule has 0 aromatic rings. The molecule has 0 aromatic carbocycles. The van der Waals surface area contributed by atoms with Gasteiger partial charge in [0, 0.05) is 5.54 Å². The van der Waals surface area contributed by atoms with Crippen LogP contribution in [-0.2, 0) is 14.3 Å². The first-order chi connectivity index (χ1) is 8.08. The standard InChI is InChI=1S/C12H24N2O4/c1-11(2,13-5)8-18-12(3,4)6-9(15)14-7-10(16)17/h13H,6-8H2,1-5H3,(H,14,15)(H,16,17). The fourth-order valence-electron chi connectivity index (χ4n) is 1.12. The van der Waals surface area contributed by atoms with E-state index in [0.29, 0.717) is 6.61 Å². The van der Waals surface area contributed by atoms with E-state index in [4.69, 9.17) is 9.84 Å². The van der Waals surface area contributed by atoms with Crippen molar-refractivity contribution in [2.24, 2.45) is 0 Å². The zero-order valence-corrected chi connectivity index (χ0v) is 11.8. The molecule has 106 valence electrons. The third-order valence-electron chi connectivity index (χ3n) is 2.52. The monoisotopic (exact) mass is 260 g/mol. The molecule has 0 bridgehead atoms. The highest BCUT2D eigenvalue weighted by atomic mass is 16.5. The quantitative estimate of drug-likeness (QED) is 0.587. The predicted molar refractivity (Wildman–Crippen MR) is 68.4 cm³/mol. The summed E-state index contributed by atoms with van der Waals surface area (Å²) in [6.07, 6.45) is 0.125. The van der Waals surface area contributed by atoms with Crippen LogP contribution in [0.3, 0.4) is 0 Å². The smallest absolute Gasteiger partial charge is 0.322 e. The van der Waals surface area contributed by atoms with Gasteiger partial charge in [0.2, 0.25) is 5.91 Å². The molecule has 0 unspecified atom stereocenters. The van der Waals surface area contributed by atoms with E-state index in [1.807, 2.05) is 20.9 Å². The highest BCUT2D eigenvalue weighted by molar-refractivity contribution is 5.81. The molecule has 0 rings (SSSR count). The van der Waals surface area contributed by atoms with E-state index in [-0.39, 0.29) is 24.4 Å². The maximum absolute atomic E-state index is 11.5. The maximum Gasteiger partial charge on any atom is 0.322 e. The van der Waals surface area contributed by atoms with Crippen LogP contribution >= 0.6 is 0 Å². The minimum absolute atomic E-state index is 0.125. The number of hydrogen-bond donors (Lipinski definition) is 3. The Hall–Kier alpha value is -1.14. The van der Waals surface area contributed by atoms with Crippen LogP contribution in [0.25, 0.3) is 0 Å². The average Bonchev–Trinajstić information content (AvgIpc) is 2.24. The van der Waals surface area contributed by atoms with Crippen LogP contribution in [0.5, 0.6) is 0 Å². The Morgan fingerprint density at radius 3 is 2.22 bits per heavy atom. The number of carbonyl (C=O) groups excluding carboxylic acids is 1. The Labute approximate surface area is 108 Å². The van der Waals surface area contributed by atoms with Crippen molar-refractivity contribution in [3.05, 3.63) is 0 Å². The van der Waals surface area contributed by atoms with Gasteiger partial charge < -0.3 is 20.5 Å². The molecule has 0 aromatic heterocycles. The van der Waals surface area contributed by atoms with E-state index in [1.54, 1.807) is 13.8 Å². The second-order valence-electron chi connectivity index (χ2n) is 5.53. The molecular weight excluding hydrogens is 236 g/mol. The molecule has 0 saturated carbocycles. The van der Waals surface area contributed by atoms with Crippen molar-refractivity contribution < 1.29 is 19.4 Å². The Morgan fingerprint density at radius 1 is 1.22 bits per heavy atom. The summed E-state index contributed by atoms with van der Waals surface area (Å²) < 4.78 is 5.69. The molecule has 0 atom stereocenters. The first kappa shape index (κ1) is 16.9. The fraction of sp³-hybridized carbons (Fsp3) is 0.833. The summed E-state index contributed by atoms with van der Waals surface area (Å²) >= 11 is 0. The summed E-state index contributed by atoms with van der Waals surface area (Å²) in [4.78, 5) is 21.8. The van der Waals surface area contributed by atoms with Gasteiger partial charge in [-0.1, -0.05) is 0 Å². The lowest BCUT2D eigenvalue weighted by atomic mass is 10.0. The molecule has 6 heteroatoms. The Kier molecular flexibility index (Phi) is 6.28. The third-order valence-corrected chi connectivity index (χ3v) is 2.52. The molecule has 6 nitrogen and oxygen atoms in total. The lowest BCUT2D eigenvalue weighted by Gasteiger charge is -2.31. The average molecular weight is 260 g/mol. The zero-order chi connectivity index (χ0) is 14.4. The maximum atomic E-state index is 11.5. The van der Waals surface area contributed by atoms with Gasteiger partial charge in [0.25, 0.3) is 0 Å². The van der Waals surface area contributed by atoms with Crippen LogP contribution < -0.4 is 10.6 Å². The number of rotatable bonds is 8. The molecule has 0 aliphatic heterocycles. The largest absolute Gasteiger partial charge is 0.480 e. The van der Waals surface area contributed by atoms with Crippen molar-refractivity contribution in [1.29, 1.82) is 0 Å². The van der Waals surface area contributed by atoms with Crippen molar-refractivity contribution >= 4 is 11.9 Å². The summed E-state index contributed by atoms with van der Waals surface area (Å²) in [6.45, 7) is 7.69. The molecule has 0 saturated heterocycles. The van der Waals surface area contributed by atoms with E-state index in [2.05, 4.69) is 10.6 Å². The summed E-state index contributed by atoms with van der Waals surface area (Å²) in [5.74, 6) is -1.39. The highest BCUT2D eigenvalue weighted by Gasteiger charge is 2.26. The van der Waals surface area contributed by atoms with Gasteiger partial charge in [0.1, 0.15) is 6.54 Å². The highest BCUT2D eigenvalue weighted by Crippen LogP contribution is 2.17. The summed E-state index contributed by atoms with van der Waals surface area (Å²) in [5, 5.41) is 13.9. The Morgan fingerprint density at radius 2 is 1.78 bits per heavy atom. The second kappa shape index (κ2) is 6.70. The molecule has 0 heterocycles. The van der Waals surface area contributed by atoms with E-state index in [9.17, 15) is 9.59 Å². The predicted octanol–water partition coefficient (Wildman–Crippen LogP) is 0.371.